The minimum atomic E-state index is -0.233. The van der Waals surface area contributed by atoms with Crippen molar-refractivity contribution >= 4 is 5.91 Å². The molecule has 0 fully saturated rings. The highest BCUT2D eigenvalue weighted by atomic mass is 16.3. The van der Waals surface area contributed by atoms with Crippen LogP contribution in [0.25, 0.3) is 0 Å². The van der Waals surface area contributed by atoms with Gasteiger partial charge in [0.15, 0.2) is 0 Å². The van der Waals surface area contributed by atoms with Crippen molar-refractivity contribution in [1.82, 2.24) is 5.32 Å². The molecule has 0 saturated carbocycles. The van der Waals surface area contributed by atoms with Crippen LogP contribution in [0.5, 0.6) is 5.75 Å². The lowest BCUT2D eigenvalue weighted by Gasteiger charge is -2.05. The Morgan fingerprint density at radius 3 is 2.85 bits per heavy atom. The van der Waals surface area contributed by atoms with Crippen LogP contribution in [-0.2, 0) is 0 Å². The summed E-state index contributed by atoms with van der Waals surface area (Å²) in [7, 11) is 0. The minimum Gasteiger partial charge on any atom is -0.507 e. The molecule has 3 heteroatoms. The molecule has 0 heterocycles. The van der Waals surface area contributed by atoms with Crippen molar-refractivity contribution in [3.05, 3.63) is 29.3 Å². The lowest BCUT2D eigenvalue weighted by Crippen LogP contribution is -2.22. The van der Waals surface area contributed by atoms with E-state index in [1.165, 1.54) is 0 Å². The SMILES string of the molecule is CCNC(=O)c1cccc(C)c1O. The second-order valence-corrected chi connectivity index (χ2v) is 2.83. The number of benzene rings is 1. The van der Waals surface area contributed by atoms with Gasteiger partial charge < -0.3 is 10.4 Å². The Morgan fingerprint density at radius 2 is 2.23 bits per heavy atom. The van der Waals surface area contributed by atoms with Gasteiger partial charge in [-0.3, -0.25) is 4.79 Å². The lowest BCUT2D eigenvalue weighted by atomic mass is 10.1. The van der Waals surface area contributed by atoms with Crippen LogP contribution in [0, 0.1) is 6.92 Å². The van der Waals surface area contributed by atoms with E-state index in [1.807, 2.05) is 6.92 Å². The first kappa shape index (κ1) is 9.58. The smallest absolute Gasteiger partial charge is 0.255 e. The van der Waals surface area contributed by atoms with Crippen LogP contribution in [0.3, 0.4) is 0 Å². The third-order valence-electron chi connectivity index (χ3n) is 1.82. The summed E-state index contributed by atoms with van der Waals surface area (Å²) >= 11 is 0. The Hall–Kier alpha value is -1.51. The van der Waals surface area contributed by atoms with E-state index in [0.29, 0.717) is 17.7 Å². The summed E-state index contributed by atoms with van der Waals surface area (Å²) in [6, 6.07) is 5.12. The maximum Gasteiger partial charge on any atom is 0.255 e. The fourth-order valence-corrected chi connectivity index (χ4v) is 1.10. The number of carbonyl (C=O) groups is 1. The van der Waals surface area contributed by atoms with Crippen molar-refractivity contribution in [3.8, 4) is 5.75 Å². The minimum absolute atomic E-state index is 0.0634. The van der Waals surface area contributed by atoms with Crippen LogP contribution in [0.2, 0.25) is 0 Å². The summed E-state index contributed by atoms with van der Waals surface area (Å²) in [4.78, 5) is 11.3. The molecule has 0 saturated heterocycles. The van der Waals surface area contributed by atoms with E-state index >= 15 is 0 Å². The fourth-order valence-electron chi connectivity index (χ4n) is 1.10. The summed E-state index contributed by atoms with van der Waals surface area (Å²) in [5.74, 6) is -0.169. The van der Waals surface area contributed by atoms with Gasteiger partial charge in [-0.2, -0.15) is 0 Å². The topological polar surface area (TPSA) is 49.3 Å². The van der Waals surface area contributed by atoms with Gasteiger partial charge in [0.25, 0.3) is 5.91 Å². The number of aryl methyl sites for hydroxylation is 1. The van der Waals surface area contributed by atoms with Crippen molar-refractivity contribution in [1.29, 1.82) is 0 Å². The Balaban J connectivity index is 3.01. The van der Waals surface area contributed by atoms with Gasteiger partial charge in [-0.25, -0.2) is 0 Å². The van der Waals surface area contributed by atoms with E-state index in [1.54, 1.807) is 25.1 Å². The van der Waals surface area contributed by atoms with Gasteiger partial charge >= 0.3 is 0 Å². The van der Waals surface area contributed by atoms with E-state index in [9.17, 15) is 9.90 Å². The standard InChI is InChI=1S/C10H13NO2/c1-3-11-10(13)8-6-4-5-7(2)9(8)12/h4-6,12H,3H2,1-2H3,(H,11,13). The quantitative estimate of drug-likeness (QED) is 0.722. The molecular formula is C10H13NO2. The molecule has 0 aromatic heterocycles. The molecular weight excluding hydrogens is 166 g/mol. The Kier molecular flexibility index (Phi) is 2.90. The van der Waals surface area contributed by atoms with Crippen LogP contribution >= 0.6 is 0 Å². The molecule has 0 bridgehead atoms. The van der Waals surface area contributed by atoms with Gasteiger partial charge in [0.2, 0.25) is 0 Å². The van der Waals surface area contributed by atoms with Crippen molar-refractivity contribution in [2.75, 3.05) is 6.54 Å². The third kappa shape index (κ3) is 1.99. The monoisotopic (exact) mass is 179 g/mol. The van der Waals surface area contributed by atoms with Crippen LogP contribution in [0.1, 0.15) is 22.8 Å². The molecule has 0 aliphatic rings. The zero-order chi connectivity index (χ0) is 9.84. The number of aromatic hydroxyl groups is 1. The van der Waals surface area contributed by atoms with Gasteiger partial charge in [-0.1, -0.05) is 12.1 Å². The van der Waals surface area contributed by atoms with Gasteiger partial charge in [0.1, 0.15) is 5.75 Å². The molecule has 0 radical (unpaired) electrons. The average Bonchev–Trinajstić information content (AvgIpc) is 2.10. The first-order chi connectivity index (χ1) is 6.16. The summed E-state index contributed by atoms with van der Waals surface area (Å²) in [6.07, 6.45) is 0. The van der Waals surface area contributed by atoms with E-state index in [2.05, 4.69) is 5.32 Å². The molecule has 2 N–H and O–H groups in total. The van der Waals surface area contributed by atoms with Crippen molar-refractivity contribution < 1.29 is 9.90 Å². The largest absolute Gasteiger partial charge is 0.507 e. The van der Waals surface area contributed by atoms with Crippen LogP contribution < -0.4 is 5.32 Å². The average molecular weight is 179 g/mol. The van der Waals surface area contributed by atoms with Crippen LogP contribution in [-0.4, -0.2) is 17.6 Å². The van der Waals surface area contributed by atoms with Gasteiger partial charge in [0, 0.05) is 6.54 Å². The number of phenolic OH excluding ortho intramolecular Hbond substituents is 1. The number of carbonyl (C=O) groups excluding carboxylic acids is 1. The summed E-state index contributed by atoms with van der Waals surface area (Å²) in [5, 5.41) is 12.2. The predicted octanol–water partition coefficient (Wildman–Crippen LogP) is 1.45. The summed E-state index contributed by atoms with van der Waals surface area (Å²) < 4.78 is 0. The van der Waals surface area contributed by atoms with Crippen LogP contribution in [0.15, 0.2) is 18.2 Å². The number of para-hydroxylation sites is 1. The van der Waals surface area contributed by atoms with Gasteiger partial charge in [0.05, 0.1) is 5.56 Å². The number of phenols is 1. The van der Waals surface area contributed by atoms with E-state index in [0.717, 1.165) is 0 Å². The highest BCUT2D eigenvalue weighted by molar-refractivity contribution is 5.97. The lowest BCUT2D eigenvalue weighted by molar-refractivity contribution is 0.0953. The van der Waals surface area contributed by atoms with Crippen LogP contribution in [0.4, 0.5) is 0 Å². The molecule has 13 heavy (non-hydrogen) atoms. The molecule has 3 nitrogen and oxygen atoms in total. The number of amides is 1. The molecule has 0 aliphatic heterocycles. The molecule has 0 atom stereocenters. The molecule has 1 aromatic rings. The molecule has 0 unspecified atom stereocenters. The first-order valence-corrected chi connectivity index (χ1v) is 4.23. The number of rotatable bonds is 2. The molecule has 1 rings (SSSR count). The molecule has 0 aliphatic carbocycles. The Bertz CT molecular complexity index is 321. The highest BCUT2D eigenvalue weighted by Crippen LogP contribution is 2.20. The number of hydrogen-bond acceptors (Lipinski definition) is 2. The second kappa shape index (κ2) is 3.94. The molecule has 0 spiro atoms. The van der Waals surface area contributed by atoms with Crippen molar-refractivity contribution in [2.45, 2.75) is 13.8 Å². The number of hydrogen-bond donors (Lipinski definition) is 2. The maximum atomic E-state index is 11.3. The van der Waals surface area contributed by atoms with Gasteiger partial charge in [-0.15, -0.1) is 0 Å². The molecule has 1 amide bonds. The molecule has 1 aromatic carbocycles. The van der Waals surface area contributed by atoms with E-state index < -0.39 is 0 Å². The zero-order valence-electron chi connectivity index (χ0n) is 7.79. The predicted molar refractivity (Wildman–Crippen MR) is 50.9 cm³/mol. The first-order valence-electron chi connectivity index (χ1n) is 4.23. The Morgan fingerprint density at radius 1 is 1.54 bits per heavy atom. The second-order valence-electron chi connectivity index (χ2n) is 2.83. The summed E-state index contributed by atoms with van der Waals surface area (Å²) in [5.41, 5.74) is 1.05. The zero-order valence-corrected chi connectivity index (χ0v) is 7.79. The van der Waals surface area contributed by atoms with Crippen molar-refractivity contribution in [3.63, 3.8) is 0 Å². The normalized spacial score (nSPS) is 9.69. The Labute approximate surface area is 77.4 Å². The van der Waals surface area contributed by atoms with Crippen molar-refractivity contribution in [2.24, 2.45) is 0 Å². The highest BCUT2D eigenvalue weighted by Gasteiger charge is 2.10. The summed E-state index contributed by atoms with van der Waals surface area (Å²) in [6.45, 7) is 4.16. The number of nitrogens with one attached hydrogen (secondary N) is 1. The maximum absolute atomic E-state index is 11.3. The third-order valence-corrected chi connectivity index (χ3v) is 1.82. The van der Waals surface area contributed by atoms with Gasteiger partial charge in [-0.05, 0) is 25.5 Å². The fraction of sp³-hybridized carbons (Fsp3) is 0.300. The van der Waals surface area contributed by atoms with E-state index in [-0.39, 0.29) is 11.7 Å². The molecule has 70 valence electrons. The van der Waals surface area contributed by atoms with E-state index in [4.69, 9.17) is 0 Å².